The van der Waals surface area contributed by atoms with Crippen LogP contribution in [0.5, 0.6) is 0 Å². The summed E-state index contributed by atoms with van der Waals surface area (Å²) in [4.78, 5) is 62.8. The van der Waals surface area contributed by atoms with Gasteiger partial charge in [0.2, 0.25) is 11.8 Å². The number of carbonyl (C=O) groups excluding carboxylic acids is 5. The highest BCUT2D eigenvalue weighted by Crippen LogP contribution is 2.43. The Hall–Kier alpha value is -3.23. The number of ether oxygens (including phenoxy) is 1. The number of benzene rings is 2. The van der Waals surface area contributed by atoms with E-state index >= 15 is 0 Å². The predicted molar refractivity (Wildman–Crippen MR) is 130 cm³/mol. The molecule has 1 heterocycles. The molecule has 1 N–H and O–H groups in total. The summed E-state index contributed by atoms with van der Waals surface area (Å²) in [7, 11) is 0. The molecule has 8 nitrogen and oxygen atoms in total. The monoisotopic (exact) mass is 516 g/mol. The number of hydrogen-bond acceptors (Lipinski definition) is 6. The van der Waals surface area contributed by atoms with Gasteiger partial charge in [-0.25, -0.2) is 4.79 Å². The van der Waals surface area contributed by atoms with Gasteiger partial charge in [0.1, 0.15) is 0 Å². The van der Waals surface area contributed by atoms with Crippen molar-refractivity contribution in [2.24, 2.45) is 11.8 Å². The number of imide groups is 1. The molecule has 182 valence electrons. The molecule has 2 fully saturated rings. The van der Waals surface area contributed by atoms with Crippen LogP contribution in [0.4, 0.5) is 11.4 Å². The Bertz CT molecular complexity index is 1170. The molecular formula is C25H22Cl2N2O6. The average Bonchev–Trinajstić information content (AvgIpc) is 3.07. The van der Waals surface area contributed by atoms with Gasteiger partial charge in [0, 0.05) is 11.3 Å². The van der Waals surface area contributed by atoms with Gasteiger partial charge in [-0.15, -0.1) is 23.2 Å². The summed E-state index contributed by atoms with van der Waals surface area (Å²) >= 11 is 12.4. The van der Waals surface area contributed by atoms with Crippen LogP contribution in [0.25, 0.3) is 0 Å². The molecule has 0 unspecified atom stereocenters. The molecule has 3 amide bonds. The predicted octanol–water partition coefficient (Wildman–Crippen LogP) is 3.80. The summed E-state index contributed by atoms with van der Waals surface area (Å²) in [5.41, 5.74) is 1.34. The fraction of sp³-hybridized carbons (Fsp3) is 0.320. The highest BCUT2D eigenvalue weighted by atomic mass is 35.5. The zero-order chi connectivity index (χ0) is 25.3. The average molecular weight is 517 g/mol. The number of fused-ring (bicyclic) bond motifs is 1. The number of anilines is 2. The lowest BCUT2D eigenvalue weighted by atomic mass is 9.80. The molecule has 1 aliphatic carbocycles. The lowest BCUT2D eigenvalue weighted by molar-refractivity contribution is -0.122. The number of nitrogens with zero attached hydrogens (tertiary/aromatic N) is 1. The van der Waals surface area contributed by atoms with E-state index < -0.39 is 30.3 Å². The van der Waals surface area contributed by atoms with Crippen molar-refractivity contribution in [2.45, 2.75) is 30.5 Å². The Labute approximate surface area is 211 Å². The first-order chi connectivity index (χ1) is 16.7. The molecule has 1 saturated carbocycles. The second-order valence-corrected chi connectivity index (χ2v) is 9.66. The maximum atomic E-state index is 12.9. The maximum absolute atomic E-state index is 12.9. The molecule has 2 aromatic carbocycles. The van der Waals surface area contributed by atoms with Crippen LogP contribution in [0.2, 0.25) is 0 Å². The van der Waals surface area contributed by atoms with Gasteiger partial charge in [0.15, 0.2) is 12.4 Å². The fourth-order valence-corrected chi connectivity index (χ4v) is 4.91. The molecule has 2 aromatic rings. The summed E-state index contributed by atoms with van der Waals surface area (Å²) in [6.07, 6.45) is 0.681. The highest BCUT2D eigenvalue weighted by Gasteiger charge is 2.52. The molecule has 10 heteroatoms. The van der Waals surface area contributed by atoms with Gasteiger partial charge in [-0.2, -0.15) is 0 Å². The number of ketones is 1. The minimum Gasteiger partial charge on any atom is -0.452 e. The van der Waals surface area contributed by atoms with Gasteiger partial charge in [0.05, 0.1) is 33.8 Å². The fourth-order valence-electron chi connectivity index (χ4n) is 4.32. The highest BCUT2D eigenvalue weighted by molar-refractivity contribution is 6.31. The molecule has 0 spiro atoms. The van der Waals surface area contributed by atoms with E-state index in [1.54, 1.807) is 18.2 Å². The summed E-state index contributed by atoms with van der Waals surface area (Å²) in [6, 6.07) is 12.2. The first-order valence-electron chi connectivity index (χ1n) is 11.0. The van der Waals surface area contributed by atoms with Crippen molar-refractivity contribution < 1.29 is 28.7 Å². The zero-order valence-electron chi connectivity index (χ0n) is 18.7. The standard InChI is InChI=1S/C25H22Cl2N2O6/c1-13(30)15-3-2-4-16(9-15)28-22(31)12-35-25(34)14-5-7-17(8-6-14)29-23(32)18-10-20(26)21(27)11-19(18)24(29)33/h2-9,18-21H,10-12H2,1H3,(H,28,31)/t18-,19+,20+,21-. The van der Waals surface area contributed by atoms with Crippen molar-refractivity contribution in [3.63, 3.8) is 0 Å². The Morgan fingerprint density at radius 3 is 2.11 bits per heavy atom. The first kappa shape index (κ1) is 24.9. The Kier molecular flexibility index (Phi) is 7.23. The lowest BCUT2D eigenvalue weighted by Crippen LogP contribution is -2.34. The van der Waals surface area contributed by atoms with Crippen LogP contribution in [0.15, 0.2) is 48.5 Å². The van der Waals surface area contributed by atoms with Gasteiger partial charge in [0.25, 0.3) is 5.91 Å². The van der Waals surface area contributed by atoms with Crippen molar-refractivity contribution in [2.75, 3.05) is 16.8 Å². The van der Waals surface area contributed by atoms with E-state index in [2.05, 4.69) is 5.32 Å². The largest absolute Gasteiger partial charge is 0.452 e. The van der Waals surface area contributed by atoms with Crippen molar-refractivity contribution in [3.05, 3.63) is 59.7 Å². The molecule has 35 heavy (non-hydrogen) atoms. The SMILES string of the molecule is CC(=O)c1cccc(NC(=O)COC(=O)c2ccc(N3C(=O)[C@H]4C[C@@H](Cl)[C@@H](Cl)C[C@H]4C3=O)cc2)c1. The molecule has 0 aromatic heterocycles. The summed E-state index contributed by atoms with van der Waals surface area (Å²) < 4.78 is 5.05. The van der Waals surface area contributed by atoms with E-state index in [9.17, 15) is 24.0 Å². The van der Waals surface area contributed by atoms with Crippen LogP contribution in [0.3, 0.4) is 0 Å². The van der Waals surface area contributed by atoms with Crippen LogP contribution < -0.4 is 10.2 Å². The van der Waals surface area contributed by atoms with Crippen molar-refractivity contribution >= 4 is 64.1 Å². The molecule has 4 atom stereocenters. The van der Waals surface area contributed by atoms with E-state index in [0.717, 1.165) is 4.90 Å². The third-order valence-corrected chi connectivity index (χ3v) is 7.25. The van der Waals surface area contributed by atoms with Crippen LogP contribution in [0.1, 0.15) is 40.5 Å². The number of carbonyl (C=O) groups is 5. The number of rotatable bonds is 6. The van der Waals surface area contributed by atoms with Gasteiger partial charge in [-0.3, -0.25) is 24.1 Å². The minimum absolute atomic E-state index is 0.140. The van der Waals surface area contributed by atoms with E-state index in [4.69, 9.17) is 27.9 Å². The van der Waals surface area contributed by atoms with Crippen LogP contribution in [0, 0.1) is 11.8 Å². The first-order valence-corrected chi connectivity index (χ1v) is 11.9. The molecule has 0 radical (unpaired) electrons. The molecule has 1 aliphatic heterocycles. The normalized spacial score (nSPS) is 23.6. The molecular weight excluding hydrogens is 495 g/mol. The van der Waals surface area contributed by atoms with E-state index in [-0.39, 0.29) is 33.9 Å². The Balaban J connectivity index is 1.36. The number of alkyl halides is 2. The number of hydrogen-bond donors (Lipinski definition) is 1. The van der Waals surface area contributed by atoms with Gasteiger partial charge >= 0.3 is 5.97 Å². The third kappa shape index (κ3) is 5.23. The van der Waals surface area contributed by atoms with E-state index in [1.807, 2.05) is 0 Å². The summed E-state index contributed by atoms with van der Waals surface area (Å²) in [5, 5.41) is 1.82. The quantitative estimate of drug-likeness (QED) is 0.270. The van der Waals surface area contributed by atoms with Crippen molar-refractivity contribution in [1.82, 2.24) is 0 Å². The van der Waals surface area contributed by atoms with Crippen LogP contribution >= 0.6 is 23.2 Å². The number of nitrogens with one attached hydrogen (secondary N) is 1. The molecule has 2 aliphatic rings. The smallest absolute Gasteiger partial charge is 0.338 e. The number of esters is 1. The van der Waals surface area contributed by atoms with Crippen LogP contribution in [-0.4, -0.2) is 46.8 Å². The van der Waals surface area contributed by atoms with Gasteiger partial charge in [-0.05, 0) is 56.2 Å². The van der Waals surface area contributed by atoms with E-state index in [1.165, 1.54) is 37.3 Å². The lowest BCUT2D eigenvalue weighted by Gasteiger charge is -2.28. The Morgan fingerprint density at radius 1 is 0.943 bits per heavy atom. The zero-order valence-corrected chi connectivity index (χ0v) is 20.2. The second-order valence-electron chi connectivity index (χ2n) is 8.54. The molecule has 0 bridgehead atoms. The molecule has 1 saturated heterocycles. The Morgan fingerprint density at radius 2 is 1.54 bits per heavy atom. The van der Waals surface area contributed by atoms with E-state index in [0.29, 0.717) is 29.8 Å². The van der Waals surface area contributed by atoms with Gasteiger partial charge < -0.3 is 10.1 Å². The number of halogens is 2. The number of Topliss-reactive ketones (excluding diaryl/α,β-unsaturated/α-hetero) is 1. The van der Waals surface area contributed by atoms with Crippen molar-refractivity contribution in [3.8, 4) is 0 Å². The topological polar surface area (TPSA) is 110 Å². The third-order valence-electron chi connectivity index (χ3n) is 6.16. The second kappa shape index (κ2) is 10.2. The summed E-state index contributed by atoms with van der Waals surface area (Å²) in [5.74, 6) is -3.10. The van der Waals surface area contributed by atoms with Crippen LogP contribution in [-0.2, 0) is 19.1 Å². The molecule has 4 rings (SSSR count). The van der Waals surface area contributed by atoms with Gasteiger partial charge in [-0.1, -0.05) is 12.1 Å². The summed E-state index contributed by atoms with van der Waals surface area (Å²) in [6.45, 7) is 0.886. The van der Waals surface area contributed by atoms with Crippen molar-refractivity contribution in [1.29, 1.82) is 0 Å². The minimum atomic E-state index is -0.744. The number of amides is 3. The maximum Gasteiger partial charge on any atom is 0.338 e.